The van der Waals surface area contributed by atoms with Gasteiger partial charge in [0, 0.05) is 17.4 Å². The van der Waals surface area contributed by atoms with Crippen LogP contribution in [0.15, 0.2) is 54.6 Å². The first-order valence-electron chi connectivity index (χ1n) is 6.60. The van der Waals surface area contributed by atoms with E-state index in [9.17, 15) is 4.79 Å². The third kappa shape index (κ3) is 1.97. The summed E-state index contributed by atoms with van der Waals surface area (Å²) in [5, 5.41) is 1.08. The van der Waals surface area contributed by atoms with Gasteiger partial charge < -0.3 is 10.3 Å². The molecule has 2 N–H and O–H groups in total. The zero-order chi connectivity index (χ0) is 14.1. The van der Waals surface area contributed by atoms with Crippen molar-refractivity contribution in [2.45, 2.75) is 13.5 Å². The first-order valence-corrected chi connectivity index (χ1v) is 6.60. The van der Waals surface area contributed by atoms with Gasteiger partial charge in [-0.1, -0.05) is 48.5 Å². The minimum atomic E-state index is -0.380. The van der Waals surface area contributed by atoms with Crippen LogP contribution in [0.1, 0.15) is 21.6 Å². The molecule has 100 valence electrons. The molecule has 0 aliphatic carbocycles. The van der Waals surface area contributed by atoms with Crippen molar-refractivity contribution in [3.05, 3.63) is 71.4 Å². The second-order valence-electron chi connectivity index (χ2n) is 4.93. The van der Waals surface area contributed by atoms with Gasteiger partial charge in [-0.2, -0.15) is 0 Å². The third-order valence-corrected chi connectivity index (χ3v) is 3.64. The molecule has 1 aromatic heterocycles. The van der Waals surface area contributed by atoms with Crippen LogP contribution in [0.5, 0.6) is 0 Å². The fourth-order valence-corrected chi connectivity index (χ4v) is 2.72. The monoisotopic (exact) mass is 264 g/mol. The zero-order valence-electron chi connectivity index (χ0n) is 11.3. The highest BCUT2D eigenvalue weighted by Gasteiger charge is 2.17. The first-order chi connectivity index (χ1) is 9.68. The van der Waals surface area contributed by atoms with Crippen LogP contribution in [0.4, 0.5) is 0 Å². The molecule has 0 spiro atoms. The topological polar surface area (TPSA) is 48.0 Å². The minimum Gasteiger partial charge on any atom is -0.364 e. The van der Waals surface area contributed by atoms with Crippen molar-refractivity contribution in [1.82, 2.24) is 4.57 Å². The molecule has 1 heterocycles. The summed E-state index contributed by atoms with van der Waals surface area (Å²) in [6.45, 7) is 2.59. The summed E-state index contributed by atoms with van der Waals surface area (Å²) in [6, 6.07) is 18.1. The molecule has 0 atom stereocenters. The van der Waals surface area contributed by atoms with Crippen LogP contribution in [0.25, 0.3) is 10.9 Å². The highest BCUT2D eigenvalue weighted by Crippen LogP contribution is 2.26. The number of hydrogen-bond acceptors (Lipinski definition) is 1. The lowest BCUT2D eigenvalue weighted by molar-refractivity contribution is 0.0991. The number of nitrogens with zero attached hydrogens (tertiary/aromatic N) is 1. The van der Waals surface area contributed by atoms with Gasteiger partial charge in [0.15, 0.2) is 0 Å². The number of para-hydroxylation sites is 1. The molecule has 1 amide bonds. The summed E-state index contributed by atoms with van der Waals surface area (Å²) in [5.41, 5.74) is 9.31. The van der Waals surface area contributed by atoms with E-state index in [1.54, 1.807) is 0 Å². The SMILES string of the molecule is Cc1c(C(N)=O)n(Cc2ccccc2)c2ccccc12. The highest BCUT2D eigenvalue weighted by molar-refractivity contribution is 6.00. The van der Waals surface area contributed by atoms with Crippen LogP contribution in [0, 0.1) is 6.92 Å². The predicted molar refractivity (Wildman–Crippen MR) is 80.7 cm³/mol. The van der Waals surface area contributed by atoms with Gasteiger partial charge in [0.2, 0.25) is 0 Å². The maximum Gasteiger partial charge on any atom is 0.265 e. The Bertz CT molecular complexity index is 772. The van der Waals surface area contributed by atoms with Crippen molar-refractivity contribution in [3.8, 4) is 0 Å². The second-order valence-corrected chi connectivity index (χ2v) is 4.93. The van der Waals surface area contributed by atoms with E-state index in [-0.39, 0.29) is 5.91 Å². The van der Waals surface area contributed by atoms with Crippen LogP contribution in [0.3, 0.4) is 0 Å². The maximum atomic E-state index is 11.8. The van der Waals surface area contributed by atoms with Gasteiger partial charge >= 0.3 is 0 Å². The van der Waals surface area contributed by atoms with Crippen LogP contribution < -0.4 is 5.73 Å². The van der Waals surface area contributed by atoms with Gasteiger partial charge in [-0.3, -0.25) is 4.79 Å². The Morgan fingerprint density at radius 3 is 2.40 bits per heavy atom. The van der Waals surface area contributed by atoms with Gasteiger partial charge in [-0.15, -0.1) is 0 Å². The van der Waals surface area contributed by atoms with Gasteiger partial charge in [0.1, 0.15) is 5.69 Å². The van der Waals surface area contributed by atoms with Crippen molar-refractivity contribution in [3.63, 3.8) is 0 Å². The average Bonchev–Trinajstić information content (AvgIpc) is 2.74. The van der Waals surface area contributed by atoms with Crippen LogP contribution in [0.2, 0.25) is 0 Å². The molecule has 3 nitrogen and oxygen atoms in total. The lowest BCUT2D eigenvalue weighted by atomic mass is 10.1. The first kappa shape index (κ1) is 12.5. The van der Waals surface area contributed by atoms with Crippen LogP contribution >= 0.6 is 0 Å². The summed E-state index contributed by atoms with van der Waals surface area (Å²) in [7, 11) is 0. The van der Waals surface area contributed by atoms with Crippen molar-refractivity contribution in [2.24, 2.45) is 5.73 Å². The number of nitrogens with two attached hydrogens (primary N) is 1. The number of hydrogen-bond donors (Lipinski definition) is 1. The van der Waals surface area contributed by atoms with E-state index >= 15 is 0 Å². The molecule has 0 saturated heterocycles. The molecule has 0 unspecified atom stereocenters. The van der Waals surface area contributed by atoms with Gasteiger partial charge in [0.25, 0.3) is 5.91 Å². The molecule has 3 heteroatoms. The normalized spacial score (nSPS) is 10.8. The van der Waals surface area contributed by atoms with Crippen molar-refractivity contribution < 1.29 is 4.79 Å². The lowest BCUT2D eigenvalue weighted by Crippen LogP contribution is -2.18. The minimum absolute atomic E-state index is 0.380. The summed E-state index contributed by atoms with van der Waals surface area (Å²) >= 11 is 0. The number of carbonyl (C=O) groups is 1. The molecule has 3 aromatic rings. The predicted octanol–water partition coefficient (Wildman–Crippen LogP) is 3.10. The summed E-state index contributed by atoms with van der Waals surface area (Å²) in [6.07, 6.45) is 0. The van der Waals surface area contributed by atoms with E-state index in [2.05, 4.69) is 12.1 Å². The lowest BCUT2D eigenvalue weighted by Gasteiger charge is -2.09. The highest BCUT2D eigenvalue weighted by atomic mass is 16.1. The van der Waals surface area contributed by atoms with Crippen molar-refractivity contribution in [2.75, 3.05) is 0 Å². The Kier molecular flexibility index (Phi) is 3.03. The Morgan fingerprint density at radius 2 is 1.70 bits per heavy atom. The number of aromatic nitrogens is 1. The number of benzene rings is 2. The summed E-state index contributed by atoms with van der Waals surface area (Å²) in [4.78, 5) is 11.8. The number of fused-ring (bicyclic) bond motifs is 1. The molecular formula is C17H16N2O. The molecular weight excluding hydrogens is 248 g/mol. The maximum absolute atomic E-state index is 11.8. The summed E-state index contributed by atoms with van der Waals surface area (Å²) < 4.78 is 2.00. The molecule has 0 saturated carbocycles. The van der Waals surface area contributed by atoms with E-state index in [1.807, 2.05) is 54.0 Å². The number of rotatable bonds is 3. The number of amides is 1. The number of primary amides is 1. The molecule has 0 radical (unpaired) electrons. The van der Waals surface area contributed by atoms with E-state index in [0.29, 0.717) is 12.2 Å². The average molecular weight is 264 g/mol. The standard InChI is InChI=1S/C17H16N2O/c1-12-14-9-5-6-10-15(14)19(16(12)17(18)20)11-13-7-3-2-4-8-13/h2-10H,11H2,1H3,(H2,18,20). The van der Waals surface area contributed by atoms with E-state index in [4.69, 9.17) is 5.73 Å². The Morgan fingerprint density at radius 1 is 1.05 bits per heavy atom. The van der Waals surface area contributed by atoms with Gasteiger partial charge in [-0.25, -0.2) is 0 Å². The largest absolute Gasteiger partial charge is 0.364 e. The molecule has 20 heavy (non-hydrogen) atoms. The Balaban J connectivity index is 2.22. The van der Waals surface area contributed by atoms with Gasteiger partial charge in [-0.05, 0) is 24.1 Å². The third-order valence-electron chi connectivity index (χ3n) is 3.64. The van der Waals surface area contributed by atoms with E-state index in [1.165, 1.54) is 0 Å². The molecule has 3 rings (SSSR count). The van der Waals surface area contributed by atoms with E-state index in [0.717, 1.165) is 22.0 Å². The molecule has 0 aliphatic heterocycles. The fourth-order valence-electron chi connectivity index (χ4n) is 2.72. The quantitative estimate of drug-likeness (QED) is 0.776. The Hall–Kier alpha value is -2.55. The molecule has 0 aliphatic rings. The van der Waals surface area contributed by atoms with Gasteiger partial charge in [0.05, 0.1) is 0 Å². The summed E-state index contributed by atoms with van der Waals surface area (Å²) in [5.74, 6) is -0.380. The fraction of sp³-hybridized carbons (Fsp3) is 0.118. The van der Waals surface area contributed by atoms with Crippen LogP contribution in [-0.2, 0) is 6.54 Å². The molecule has 0 fully saturated rings. The number of carbonyl (C=O) groups excluding carboxylic acids is 1. The second kappa shape index (κ2) is 4.85. The van der Waals surface area contributed by atoms with Crippen molar-refractivity contribution in [1.29, 1.82) is 0 Å². The Labute approximate surface area is 117 Å². The van der Waals surface area contributed by atoms with Crippen molar-refractivity contribution >= 4 is 16.8 Å². The van der Waals surface area contributed by atoms with Crippen LogP contribution in [-0.4, -0.2) is 10.5 Å². The molecule has 0 bridgehead atoms. The zero-order valence-corrected chi connectivity index (χ0v) is 11.3. The smallest absolute Gasteiger partial charge is 0.265 e. The number of aryl methyl sites for hydroxylation is 1. The van der Waals surface area contributed by atoms with E-state index < -0.39 is 0 Å². The molecule has 2 aromatic carbocycles.